The van der Waals surface area contributed by atoms with Gasteiger partial charge >= 0.3 is 0 Å². The number of fused-ring (bicyclic) bond motifs is 2. The fourth-order valence-corrected chi connectivity index (χ4v) is 5.29. The lowest BCUT2D eigenvalue weighted by atomic mass is 9.81. The van der Waals surface area contributed by atoms with E-state index in [2.05, 4.69) is 12.2 Å². The third-order valence-corrected chi connectivity index (χ3v) is 6.72. The smallest absolute Gasteiger partial charge is 0.249 e. The quantitative estimate of drug-likeness (QED) is 0.863. The molecule has 1 aliphatic heterocycles. The molecule has 4 nitrogen and oxygen atoms in total. The molecule has 3 aliphatic carbocycles. The van der Waals surface area contributed by atoms with E-state index in [9.17, 15) is 9.59 Å². The summed E-state index contributed by atoms with van der Waals surface area (Å²) in [6, 6.07) is 0.219. The topological polar surface area (TPSA) is 49.4 Å². The molecule has 4 aliphatic rings. The van der Waals surface area contributed by atoms with Crippen LogP contribution in [0.3, 0.4) is 0 Å². The Hall–Kier alpha value is -1.06. The van der Waals surface area contributed by atoms with Gasteiger partial charge in [0.25, 0.3) is 0 Å². The number of carbonyl (C=O) groups is 2. The van der Waals surface area contributed by atoms with Gasteiger partial charge in [-0.15, -0.1) is 0 Å². The fraction of sp³-hybridized carbons (Fsp3) is 0.882. The molecule has 1 heterocycles. The monoisotopic (exact) mass is 290 g/mol. The third kappa shape index (κ3) is 2.01. The number of hydrogen-bond donors (Lipinski definition) is 1. The van der Waals surface area contributed by atoms with Gasteiger partial charge in [0.1, 0.15) is 5.54 Å². The first-order valence-corrected chi connectivity index (χ1v) is 8.61. The normalized spacial score (nSPS) is 44.1. The van der Waals surface area contributed by atoms with Gasteiger partial charge in [-0.3, -0.25) is 9.59 Å². The largest absolute Gasteiger partial charge is 0.340 e. The average Bonchev–Trinajstić information content (AvgIpc) is 3.12. The predicted molar refractivity (Wildman–Crippen MR) is 79.4 cm³/mol. The van der Waals surface area contributed by atoms with Crippen LogP contribution < -0.4 is 5.32 Å². The average molecular weight is 290 g/mol. The maximum Gasteiger partial charge on any atom is 0.249 e. The zero-order valence-electron chi connectivity index (χ0n) is 13.1. The molecule has 1 N–H and O–H groups in total. The molecular formula is C17H26N2O2. The van der Waals surface area contributed by atoms with Gasteiger partial charge in [-0.05, 0) is 69.6 Å². The van der Waals surface area contributed by atoms with Gasteiger partial charge in [0.2, 0.25) is 11.8 Å². The van der Waals surface area contributed by atoms with E-state index in [4.69, 9.17) is 0 Å². The minimum absolute atomic E-state index is 0.0269. The summed E-state index contributed by atoms with van der Waals surface area (Å²) < 4.78 is 0. The van der Waals surface area contributed by atoms with E-state index in [-0.39, 0.29) is 24.4 Å². The summed E-state index contributed by atoms with van der Waals surface area (Å²) in [7, 11) is 0. The molecule has 5 atom stereocenters. The lowest BCUT2D eigenvalue weighted by molar-refractivity contribution is -0.154. The summed E-state index contributed by atoms with van der Waals surface area (Å²) in [6.07, 6.45) is 7.45. The van der Waals surface area contributed by atoms with Crippen molar-refractivity contribution in [1.82, 2.24) is 10.2 Å². The zero-order chi connectivity index (χ0) is 14.8. The summed E-state index contributed by atoms with van der Waals surface area (Å²) in [5.41, 5.74) is -0.638. The molecule has 0 aromatic rings. The van der Waals surface area contributed by atoms with E-state index >= 15 is 0 Å². The molecule has 5 unspecified atom stereocenters. The van der Waals surface area contributed by atoms with Crippen LogP contribution in [0.4, 0.5) is 0 Å². The van der Waals surface area contributed by atoms with Crippen molar-refractivity contribution in [3.05, 3.63) is 0 Å². The Kier molecular flexibility index (Phi) is 2.89. The molecule has 1 saturated heterocycles. The zero-order valence-corrected chi connectivity index (χ0v) is 13.1. The van der Waals surface area contributed by atoms with Gasteiger partial charge in [0, 0.05) is 6.04 Å². The van der Waals surface area contributed by atoms with Crippen molar-refractivity contribution in [3.8, 4) is 0 Å². The van der Waals surface area contributed by atoms with Crippen molar-refractivity contribution in [2.45, 2.75) is 64.0 Å². The van der Waals surface area contributed by atoms with Crippen LogP contribution in [-0.2, 0) is 9.59 Å². The van der Waals surface area contributed by atoms with E-state index in [1.54, 1.807) is 0 Å². The minimum Gasteiger partial charge on any atom is -0.340 e. The highest BCUT2D eigenvalue weighted by Crippen LogP contribution is 2.51. The van der Waals surface area contributed by atoms with Crippen LogP contribution in [0.5, 0.6) is 0 Å². The lowest BCUT2D eigenvalue weighted by Gasteiger charge is -2.45. The maximum absolute atomic E-state index is 13.0. The molecule has 0 aromatic carbocycles. The number of nitrogens with zero attached hydrogens (tertiary/aromatic N) is 1. The Morgan fingerprint density at radius 1 is 1.19 bits per heavy atom. The highest BCUT2D eigenvalue weighted by molar-refractivity contribution is 5.98. The van der Waals surface area contributed by atoms with Crippen molar-refractivity contribution in [1.29, 1.82) is 0 Å². The van der Waals surface area contributed by atoms with E-state index in [1.807, 2.05) is 11.8 Å². The summed E-state index contributed by atoms with van der Waals surface area (Å²) in [4.78, 5) is 27.0. The molecule has 4 heteroatoms. The number of nitrogens with one attached hydrogen (secondary N) is 1. The third-order valence-electron chi connectivity index (χ3n) is 6.72. The van der Waals surface area contributed by atoms with Gasteiger partial charge in [0.05, 0.1) is 6.54 Å². The summed E-state index contributed by atoms with van der Waals surface area (Å²) in [5.74, 6) is 2.82. The van der Waals surface area contributed by atoms with Gasteiger partial charge in [-0.25, -0.2) is 0 Å². The maximum atomic E-state index is 13.0. The van der Waals surface area contributed by atoms with Crippen LogP contribution in [0, 0.1) is 23.7 Å². The van der Waals surface area contributed by atoms with Gasteiger partial charge < -0.3 is 10.2 Å². The molecule has 0 spiro atoms. The van der Waals surface area contributed by atoms with E-state index < -0.39 is 5.54 Å². The lowest BCUT2D eigenvalue weighted by Crippen LogP contribution is -2.68. The molecule has 21 heavy (non-hydrogen) atoms. The number of hydrogen-bond acceptors (Lipinski definition) is 2. The SMILES string of the molecule is CC(C1CC2CCC1C2)N1CC(=O)NC(C)(C2CC2)C1=O. The Labute approximate surface area is 126 Å². The second kappa shape index (κ2) is 4.47. The Morgan fingerprint density at radius 2 is 1.95 bits per heavy atom. The van der Waals surface area contributed by atoms with E-state index in [1.165, 1.54) is 25.7 Å². The fourth-order valence-electron chi connectivity index (χ4n) is 5.29. The van der Waals surface area contributed by atoms with Gasteiger partial charge in [0.15, 0.2) is 0 Å². The molecule has 4 rings (SSSR count). The Balaban J connectivity index is 1.55. The first-order chi connectivity index (χ1) is 9.99. The molecule has 0 radical (unpaired) electrons. The Morgan fingerprint density at radius 3 is 2.52 bits per heavy atom. The molecule has 2 bridgehead atoms. The van der Waals surface area contributed by atoms with E-state index in [0.717, 1.165) is 24.7 Å². The van der Waals surface area contributed by atoms with Crippen LogP contribution >= 0.6 is 0 Å². The molecule has 3 saturated carbocycles. The standard InChI is InChI=1S/C17H26N2O2/c1-10(14-8-11-3-4-12(14)7-11)19-9-15(20)18-17(2,16(19)21)13-5-6-13/h10-14H,3-9H2,1-2H3,(H,18,20). The summed E-state index contributed by atoms with van der Waals surface area (Å²) >= 11 is 0. The number of amides is 2. The first-order valence-electron chi connectivity index (χ1n) is 8.61. The van der Waals surface area contributed by atoms with Gasteiger partial charge in [-0.2, -0.15) is 0 Å². The van der Waals surface area contributed by atoms with Gasteiger partial charge in [-0.1, -0.05) is 6.42 Å². The molecule has 116 valence electrons. The number of rotatable bonds is 3. The van der Waals surface area contributed by atoms with E-state index in [0.29, 0.717) is 11.8 Å². The molecular weight excluding hydrogens is 264 g/mol. The van der Waals surface area contributed by atoms with Crippen LogP contribution in [0.1, 0.15) is 52.4 Å². The van der Waals surface area contributed by atoms with Crippen LogP contribution in [-0.4, -0.2) is 34.8 Å². The summed E-state index contributed by atoms with van der Waals surface area (Å²) in [6.45, 7) is 4.37. The predicted octanol–water partition coefficient (Wildman–Crippen LogP) is 1.94. The van der Waals surface area contributed by atoms with Crippen molar-refractivity contribution in [2.24, 2.45) is 23.7 Å². The summed E-state index contributed by atoms with van der Waals surface area (Å²) in [5, 5.41) is 2.98. The second-order valence-corrected chi connectivity index (χ2v) is 8.04. The highest BCUT2D eigenvalue weighted by atomic mass is 16.2. The Bertz CT molecular complexity index is 487. The van der Waals surface area contributed by atoms with Crippen molar-refractivity contribution in [2.75, 3.05) is 6.54 Å². The number of carbonyl (C=O) groups excluding carboxylic acids is 2. The first kappa shape index (κ1) is 13.6. The molecule has 2 amide bonds. The van der Waals surface area contributed by atoms with Crippen molar-refractivity contribution < 1.29 is 9.59 Å². The second-order valence-electron chi connectivity index (χ2n) is 8.04. The highest BCUT2D eigenvalue weighted by Gasteiger charge is 2.54. The van der Waals surface area contributed by atoms with Crippen molar-refractivity contribution >= 4 is 11.8 Å². The number of piperazine rings is 1. The van der Waals surface area contributed by atoms with Crippen LogP contribution in [0.25, 0.3) is 0 Å². The molecule has 0 aromatic heterocycles. The van der Waals surface area contributed by atoms with Crippen LogP contribution in [0.2, 0.25) is 0 Å². The van der Waals surface area contributed by atoms with Crippen LogP contribution in [0.15, 0.2) is 0 Å². The van der Waals surface area contributed by atoms with Crippen molar-refractivity contribution in [3.63, 3.8) is 0 Å². The minimum atomic E-state index is -0.638. The molecule has 4 fully saturated rings.